The Kier molecular flexibility index (Phi) is 2.42. The maximum atomic E-state index is 6.09. The second-order valence-electron chi connectivity index (χ2n) is 4.27. The molecule has 0 aromatic carbocycles. The van der Waals surface area contributed by atoms with E-state index in [2.05, 4.69) is 11.1 Å². The van der Waals surface area contributed by atoms with Gasteiger partial charge in [0.25, 0.3) is 0 Å². The van der Waals surface area contributed by atoms with Crippen molar-refractivity contribution in [3.05, 3.63) is 23.4 Å². The molecule has 0 bridgehead atoms. The van der Waals surface area contributed by atoms with E-state index in [-0.39, 0.29) is 6.04 Å². The Bertz CT molecular complexity index is 331. The lowest BCUT2D eigenvalue weighted by atomic mass is 10.0. The molecule has 0 spiro atoms. The first-order chi connectivity index (χ1) is 6.66. The minimum Gasteiger partial charge on any atom is -0.383 e. The summed E-state index contributed by atoms with van der Waals surface area (Å²) in [6.45, 7) is 2.01. The fourth-order valence-electron chi connectivity index (χ4n) is 1.74. The van der Waals surface area contributed by atoms with E-state index in [4.69, 9.17) is 11.5 Å². The molecule has 1 aromatic heterocycles. The molecule has 1 aromatic rings. The first-order valence-corrected chi connectivity index (χ1v) is 5.14. The van der Waals surface area contributed by atoms with Gasteiger partial charge < -0.3 is 11.5 Å². The number of nitrogen functional groups attached to an aromatic ring is 1. The molecule has 1 saturated carbocycles. The number of hydrogen-bond acceptors (Lipinski definition) is 3. The molecule has 14 heavy (non-hydrogen) atoms. The zero-order valence-electron chi connectivity index (χ0n) is 8.53. The predicted octanol–water partition coefficient (Wildman–Crippen LogP) is 1.77. The molecule has 1 heterocycles. The van der Waals surface area contributed by atoms with Crippen molar-refractivity contribution in [2.45, 2.75) is 32.2 Å². The summed E-state index contributed by atoms with van der Waals surface area (Å²) < 4.78 is 0. The summed E-state index contributed by atoms with van der Waals surface area (Å²) in [6, 6.07) is 2.12. The highest BCUT2D eigenvalue weighted by Crippen LogP contribution is 2.37. The van der Waals surface area contributed by atoms with Gasteiger partial charge in [0, 0.05) is 17.8 Å². The maximum absolute atomic E-state index is 6.09. The van der Waals surface area contributed by atoms with E-state index in [1.807, 2.05) is 6.92 Å². The first kappa shape index (κ1) is 9.46. The van der Waals surface area contributed by atoms with Gasteiger partial charge in [-0.2, -0.15) is 0 Å². The maximum Gasteiger partial charge on any atom is 0.128 e. The van der Waals surface area contributed by atoms with E-state index < -0.39 is 0 Å². The van der Waals surface area contributed by atoms with Crippen LogP contribution >= 0.6 is 0 Å². The molecule has 76 valence electrons. The standard InChI is InChI=1S/C11H17N3/c1-7-4-9(11(13)14-6-7)10(12)5-8-2-3-8/h4,6,8,10H,2-3,5,12H2,1H3,(H2,13,14)/t10-/m0/s1. The van der Waals surface area contributed by atoms with E-state index >= 15 is 0 Å². The smallest absolute Gasteiger partial charge is 0.128 e. The van der Waals surface area contributed by atoms with Gasteiger partial charge in [-0.3, -0.25) is 0 Å². The molecule has 1 fully saturated rings. The Hall–Kier alpha value is -1.09. The molecular formula is C11H17N3. The van der Waals surface area contributed by atoms with Gasteiger partial charge in [-0.25, -0.2) is 4.98 Å². The van der Waals surface area contributed by atoms with Gasteiger partial charge in [-0.1, -0.05) is 12.8 Å². The van der Waals surface area contributed by atoms with Gasteiger partial charge in [-0.15, -0.1) is 0 Å². The van der Waals surface area contributed by atoms with Crippen molar-refractivity contribution in [1.82, 2.24) is 4.98 Å². The van der Waals surface area contributed by atoms with Crippen LogP contribution in [-0.4, -0.2) is 4.98 Å². The minimum atomic E-state index is 0.0647. The third kappa shape index (κ3) is 2.04. The van der Waals surface area contributed by atoms with Gasteiger partial charge in [0.1, 0.15) is 5.82 Å². The SMILES string of the molecule is Cc1cnc(N)c([C@@H](N)CC2CC2)c1. The molecule has 0 amide bonds. The second-order valence-corrected chi connectivity index (χ2v) is 4.27. The summed E-state index contributed by atoms with van der Waals surface area (Å²) in [6.07, 6.45) is 5.48. The van der Waals surface area contributed by atoms with Crippen molar-refractivity contribution in [3.8, 4) is 0 Å². The molecule has 2 rings (SSSR count). The molecule has 0 unspecified atom stereocenters. The Balaban J connectivity index is 2.15. The number of anilines is 1. The van der Waals surface area contributed by atoms with Crippen LogP contribution in [0.3, 0.4) is 0 Å². The lowest BCUT2D eigenvalue weighted by Crippen LogP contribution is -2.14. The Labute approximate surface area is 84.5 Å². The van der Waals surface area contributed by atoms with Crippen LogP contribution in [0.4, 0.5) is 5.82 Å². The zero-order valence-corrected chi connectivity index (χ0v) is 8.53. The van der Waals surface area contributed by atoms with E-state index in [1.54, 1.807) is 6.20 Å². The van der Waals surface area contributed by atoms with Crippen molar-refractivity contribution < 1.29 is 0 Å². The topological polar surface area (TPSA) is 64.9 Å². The van der Waals surface area contributed by atoms with Crippen LogP contribution in [0.25, 0.3) is 0 Å². The zero-order chi connectivity index (χ0) is 10.1. The molecule has 1 aliphatic carbocycles. The molecule has 0 aliphatic heterocycles. The van der Waals surface area contributed by atoms with Crippen LogP contribution in [0.2, 0.25) is 0 Å². The first-order valence-electron chi connectivity index (χ1n) is 5.14. The largest absolute Gasteiger partial charge is 0.383 e. The number of nitrogens with zero attached hydrogens (tertiary/aromatic N) is 1. The summed E-state index contributed by atoms with van der Waals surface area (Å²) in [5.74, 6) is 1.41. The Morgan fingerprint density at radius 1 is 1.57 bits per heavy atom. The molecule has 0 saturated heterocycles. The number of hydrogen-bond donors (Lipinski definition) is 2. The number of nitrogens with two attached hydrogens (primary N) is 2. The van der Waals surface area contributed by atoms with Crippen molar-refractivity contribution in [2.24, 2.45) is 11.7 Å². The van der Waals surface area contributed by atoms with Crippen LogP contribution in [0, 0.1) is 12.8 Å². The molecule has 3 nitrogen and oxygen atoms in total. The third-order valence-corrected chi connectivity index (χ3v) is 2.77. The number of aryl methyl sites for hydroxylation is 1. The molecule has 0 radical (unpaired) electrons. The van der Waals surface area contributed by atoms with Crippen LogP contribution in [0.15, 0.2) is 12.3 Å². The summed E-state index contributed by atoms with van der Waals surface area (Å²) in [7, 11) is 0. The lowest BCUT2D eigenvalue weighted by Gasteiger charge is -2.13. The fourth-order valence-corrected chi connectivity index (χ4v) is 1.74. The van der Waals surface area contributed by atoms with E-state index in [1.165, 1.54) is 12.8 Å². The highest BCUT2D eigenvalue weighted by molar-refractivity contribution is 5.42. The second kappa shape index (κ2) is 3.58. The summed E-state index contributed by atoms with van der Waals surface area (Å²) >= 11 is 0. The van der Waals surface area contributed by atoms with E-state index in [0.29, 0.717) is 5.82 Å². The molecule has 3 heteroatoms. The van der Waals surface area contributed by atoms with Crippen molar-refractivity contribution in [2.75, 3.05) is 5.73 Å². The number of aromatic nitrogens is 1. The average molecular weight is 191 g/mol. The summed E-state index contributed by atoms with van der Waals surface area (Å²) in [4.78, 5) is 4.13. The fraction of sp³-hybridized carbons (Fsp3) is 0.545. The molecular weight excluding hydrogens is 174 g/mol. The van der Waals surface area contributed by atoms with Gasteiger partial charge >= 0.3 is 0 Å². The Morgan fingerprint density at radius 2 is 2.29 bits per heavy atom. The van der Waals surface area contributed by atoms with Gasteiger partial charge in [0.2, 0.25) is 0 Å². The van der Waals surface area contributed by atoms with E-state index in [9.17, 15) is 0 Å². The monoisotopic (exact) mass is 191 g/mol. The van der Waals surface area contributed by atoms with Gasteiger partial charge in [0.15, 0.2) is 0 Å². The van der Waals surface area contributed by atoms with Gasteiger partial charge in [-0.05, 0) is 30.9 Å². The lowest BCUT2D eigenvalue weighted by molar-refractivity contribution is 0.596. The van der Waals surface area contributed by atoms with Crippen LogP contribution in [-0.2, 0) is 0 Å². The van der Waals surface area contributed by atoms with Crippen LogP contribution in [0.1, 0.15) is 36.4 Å². The molecule has 4 N–H and O–H groups in total. The summed E-state index contributed by atoms with van der Waals surface area (Å²) in [5, 5.41) is 0. The van der Waals surface area contributed by atoms with E-state index in [0.717, 1.165) is 23.5 Å². The predicted molar refractivity (Wildman–Crippen MR) is 57.7 cm³/mol. The third-order valence-electron chi connectivity index (χ3n) is 2.77. The van der Waals surface area contributed by atoms with Crippen molar-refractivity contribution in [1.29, 1.82) is 0 Å². The van der Waals surface area contributed by atoms with Crippen molar-refractivity contribution in [3.63, 3.8) is 0 Å². The quantitative estimate of drug-likeness (QED) is 0.765. The number of pyridine rings is 1. The average Bonchev–Trinajstić information content (AvgIpc) is 2.93. The van der Waals surface area contributed by atoms with Crippen LogP contribution in [0.5, 0.6) is 0 Å². The molecule has 1 aliphatic rings. The minimum absolute atomic E-state index is 0.0647. The normalized spacial score (nSPS) is 18.1. The highest BCUT2D eigenvalue weighted by atomic mass is 14.8. The van der Waals surface area contributed by atoms with Crippen LogP contribution < -0.4 is 11.5 Å². The highest BCUT2D eigenvalue weighted by Gasteiger charge is 2.25. The molecule has 1 atom stereocenters. The summed E-state index contributed by atoms with van der Waals surface area (Å²) in [5.41, 5.74) is 14.0. The Morgan fingerprint density at radius 3 is 2.93 bits per heavy atom. The number of rotatable bonds is 3. The van der Waals surface area contributed by atoms with Gasteiger partial charge in [0.05, 0.1) is 0 Å². The van der Waals surface area contributed by atoms with Crippen molar-refractivity contribution >= 4 is 5.82 Å².